The second-order valence-electron chi connectivity index (χ2n) is 14.6. The van der Waals surface area contributed by atoms with Gasteiger partial charge >= 0.3 is 0 Å². The minimum Gasteiger partial charge on any atom is -0.455 e. The molecule has 12 rings (SSSR count). The molecule has 0 aliphatic heterocycles. The van der Waals surface area contributed by atoms with E-state index in [0.717, 1.165) is 38.6 Å². The van der Waals surface area contributed by atoms with E-state index >= 15 is 0 Å². The zero-order chi connectivity index (χ0) is 36.8. The molecule has 8 aromatic carbocycles. The molecule has 0 bridgehead atoms. The van der Waals surface area contributed by atoms with Crippen LogP contribution in [0.3, 0.4) is 0 Å². The predicted molar refractivity (Wildman–Crippen MR) is 225 cm³/mol. The summed E-state index contributed by atoms with van der Waals surface area (Å²) in [5.74, 6) is 1.78. The molecular weight excluding hydrogens is 683 g/mol. The minimum absolute atomic E-state index is 0.567. The Bertz CT molecular complexity index is 3150. The van der Waals surface area contributed by atoms with Gasteiger partial charge in [0, 0.05) is 21.9 Å². The lowest BCUT2D eigenvalue weighted by molar-refractivity contribution is 0.669. The molecule has 0 atom stereocenters. The van der Waals surface area contributed by atoms with Crippen molar-refractivity contribution in [3.05, 3.63) is 210 Å². The van der Waals surface area contributed by atoms with E-state index in [2.05, 4.69) is 146 Å². The summed E-state index contributed by atoms with van der Waals surface area (Å²) in [7, 11) is 0. The number of rotatable bonds is 3. The van der Waals surface area contributed by atoms with Crippen LogP contribution in [0.15, 0.2) is 192 Å². The van der Waals surface area contributed by atoms with Gasteiger partial charge in [0.2, 0.25) is 0 Å². The SMILES string of the molecule is c1ccc(-c2nc(-c3ccc4c(c3)C3(c5ccccc5-c5ccccc5-c5ccccc53)c3ccccc3-4)nc(-c3cccc4c3oc3ccccc34)n2)cc1. The lowest BCUT2D eigenvalue weighted by Crippen LogP contribution is -2.29. The summed E-state index contributed by atoms with van der Waals surface area (Å²) in [4.78, 5) is 15.6. The zero-order valence-corrected chi connectivity index (χ0v) is 30.1. The Morgan fingerprint density at radius 3 is 1.48 bits per heavy atom. The van der Waals surface area contributed by atoms with Gasteiger partial charge in [0.05, 0.1) is 11.0 Å². The smallest absolute Gasteiger partial charge is 0.167 e. The monoisotopic (exact) mass is 713 g/mol. The molecule has 0 saturated heterocycles. The molecule has 0 unspecified atom stereocenters. The molecule has 0 fully saturated rings. The molecule has 4 nitrogen and oxygen atoms in total. The first-order valence-corrected chi connectivity index (χ1v) is 19.0. The van der Waals surface area contributed by atoms with Crippen molar-refractivity contribution in [1.82, 2.24) is 15.0 Å². The molecule has 2 heterocycles. The number of para-hydroxylation sites is 2. The molecule has 56 heavy (non-hydrogen) atoms. The van der Waals surface area contributed by atoms with Crippen LogP contribution in [0.1, 0.15) is 22.3 Å². The van der Waals surface area contributed by atoms with Crippen molar-refractivity contribution in [3.63, 3.8) is 0 Å². The van der Waals surface area contributed by atoms with Crippen molar-refractivity contribution >= 4 is 21.9 Å². The van der Waals surface area contributed by atoms with Crippen molar-refractivity contribution in [2.75, 3.05) is 0 Å². The standard InChI is InChI=1S/C52H31N3O/c1-2-15-32(16-3-1)49-53-50(55-51(54-49)42-24-14-23-41-40-22-9-13-28-47(40)56-48(41)42)33-29-30-39-38-21-8-12-27-45(38)52(46(39)31-33)43-25-10-6-19-36(43)34-17-4-5-18-35(34)37-20-7-11-26-44(37)52/h1-31H. The van der Waals surface area contributed by atoms with Crippen LogP contribution in [-0.2, 0) is 5.41 Å². The average Bonchev–Trinajstić information content (AvgIpc) is 3.77. The van der Waals surface area contributed by atoms with E-state index in [1.165, 1.54) is 55.6 Å². The lowest BCUT2D eigenvalue weighted by atomic mass is 9.66. The molecule has 1 spiro atoms. The molecule has 4 heteroatoms. The quantitative estimate of drug-likeness (QED) is 0.183. The maximum absolute atomic E-state index is 6.51. The summed E-state index contributed by atoms with van der Waals surface area (Å²) in [6.45, 7) is 0. The third kappa shape index (κ3) is 4.27. The van der Waals surface area contributed by atoms with Gasteiger partial charge in [0.25, 0.3) is 0 Å². The van der Waals surface area contributed by atoms with E-state index in [4.69, 9.17) is 19.4 Å². The summed E-state index contributed by atoms with van der Waals surface area (Å²) in [5.41, 5.74) is 16.1. The van der Waals surface area contributed by atoms with Crippen LogP contribution in [0.4, 0.5) is 0 Å². The van der Waals surface area contributed by atoms with Gasteiger partial charge in [0.15, 0.2) is 17.5 Å². The van der Waals surface area contributed by atoms with Crippen LogP contribution < -0.4 is 0 Å². The number of aromatic nitrogens is 3. The Balaban J connectivity index is 1.15. The number of furan rings is 1. The van der Waals surface area contributed by atoms with Crippen molar-refractivity contribution < 1.29 is 4.42 Å². The Morgan fingerprint density at radius 2 is 0.804 bits per heavy atom. The highest BCUT2D eigenvalue weighted by molar-refractivity contribution is 6.09. The largest absolute Gasteiger partial charge is 0.455 e. The number of nitrogens with zero attached hydrogens (tertiary/aromatic N) is 3. The molecule has 2 aromatic heterocycles. The van der Waals surface area contributed by atoms with Crippen molar-refractivity contribution in [2.45, 2.75) is 5.41 Å². The molecule has 2 aliphatic rings. The Morgan fingerprint density at radius 1 is 0.321 bits per heavy atom. The summed E-state index contributed by atoms with van der Waals surface area (Å²) in [5, 5.41) is 2.10. The highest BCUT2D eigenvalue weighted by Gasteiger charge is 2.49. The fourth-order valence-corrected chi connectivity index (χ4v) is 9.45. The first kappa shape index (κ1) is 31.0. The number of benzene rings is 8. The summed E-state index contributed by atoms with van der Waals surface area (Å²) in [6, 6.07) is 67.0. The highest BCUT2D eigenvalue weighted by Crippen LogP contribution is 2.61. The van der Waals surface area contributed by atoms with Gasteiger partial charge < -0.3 is 4.42 Å². The topological polar surface area (TPSA) is 51.8 Å². The molecular formula is C52H31N3O. The summed E-state index contributed by atoms with van der Waals surface area (Å²) in [6.07, 6.45) is 0. The van der Waals surface area contributed by atoms with Crippen molar-refractivity contribution in [3.8, 4) is 67.5 Å². The second kappa shape index (κ2) is 11.8. The maximum atomic E-state index is 6.51. The van der Waals surface area contributed by atoms with Crippen LogP contribution in [0.2, 0.25) is 0 Å². The number of hydrogen-bond donors (Lipinski definition) is 0. The van der Waals surface area contributed by atoms with Crippen molar-refractivity contribution in [1.29, 1.82) is 0 Å². The van der Waals surface area contributed by atoms with E-state index in [9.17, 15) is 0 Å². The van der Waals surface area contributed by atoms with Gasteiger partial charge in [0.1, 0.15) is 11.2 Å². The average molecular weight is 714 g/mol. The molecule has 0 amide bonds. The van der Waals surface area contributed by atoms with Crippen LogP contribution in [0, 0.1) is 0 Å². The highest BCUT2D eigenvalue weighted by atomic mass is 16.3. The lowest BCUT2D eigenvalue weighted by Gasteiger charge is -2.35. The van der Waals surface area contributed by atoms with Crippen molar-refractivity contribution in [2.24, 2.45) is 0 Å². The van der Waals surface area contributed by atoms with E-state index in [1.807, 2.05) is 42.5 Å². The molecule has 2 aliphatic carbocycles. The third-order valence-corrected chi connectivity index (χ3v) is 11.8. The third-order valence-electron chi connectivity index (χ3n) is 11.8. The van der Waals surface area contributed by atoms with Gasteiger partial charge in [-0.1, -0.05) is 170 Å². The van der Waals surface area contributed by atoms with Crippen LogP contribution in [0.5, 0.6) is 0 Å². The fourth-order valence-electron chi connectivity index (χ4n) is 9.45. The Kier molecular flexibility index (Phi) is 6.52. The maximum Gasteiger partial charge on any atom is 0.167 e. The van der Waals surface area contributed by atoms with Gasteiger partial charge in [-0.15, -0.1) is 0 Å². The minimum atomic E-state index is -0.605. The number of fused-ring (bicyclic) bond motifs is 15. The van der Waals surface area contributed by atoms with Crippen LogP contribution in [0.25, 0.3) is 89.5 Å². The second-order valence-corrected chi connectivity index (χ2v) is 14.6. The Labute approximate surface area is 323 Å². The molecule has 0 radical (unpaired) electrons. The molecule has 0 N–H and O–H groups in total. The van der Waals surface area contributed by atoms with E-state index in [1.54, 1.807) is 0 Å². The molecule has 10 aromatic rings. The first-order valence-electron chi connectivity index (χ1n) is 19.0. The Hall–Kier alpha value is -7.43. The van der Waals surface area contributed by atoms with Gasteiger partial charge in [-0.25, -0.2) is 15.0 Å². The van der Waals surface area contributed by atoms with Gasteiger partial charge in [-0.3, -0.25) is 0 Å². The fraction of sp³-hybridized carbons (Fsp3) is 0.0192. The number of hydrogen-bond acceptors (Lipinski definition) is 4. The van der Waals surface area contributed by atoms with E-state index in [0.29, 0.717) is 17.5 Å². The molecule has 260 valence electrons. The van der Waals surface area contributed by atoms with Gasteiger partial charge in [-0.2, -0.15) is 0 Å². The van der Waals surface area contributed by atoms with E-state index < -0.39 is 5.41 Å². The van der Waals surface area contributed by atoms with Crippen LogP contribution in [-0.4, -0.2) is 15.0 Å². The summed E-state index contributed by atoms with van der Waals surface area (Å²) < 4.78 is 6.51. The zero-order valence-electron chi connectivity index (χ0n) is 30.1. The predicted octanol–water partition coefficient (Wildman–Crippen LogP) is 12.8. The van der Waals surface area contributed by atoms with E-state index in [-0.39, 0.29) is 0 Å². The van der Waals surface area contributed by atoms with Crippen LogP contribution >= 0.6 is 0 Å². The van der Waals surface area contributed by atoms with Gasteiger partial charge in [-0.05, 0) is 73.8 Å². The summed E-state index contributed by atoms with van der Waals surface area (Å²) >= 11 is 0. The molecule has 0 saturated carbocycles. The normalized spacial score (nSPS) is 13.1. The first-order chi connectivity index (χ1) is 27.8.